The molecule has 0 spiro atoms. The van der Waals surface area contributed by atoms with Gasteiger partial charge in [-0.1, -0.05) is 18.2 Å². The molecule has 1 atom stereocenters. The summed E-state index contributed by atoms with van der Waals surface area (Å²) >= 11 is 0. The van der Waals surface area contributed by atoms with Gasteiger partial charge in [0.15, 0.2) is 12.0 Å². The molecule has 5 rings (SSSR count). The molecule has 120 valence electrons. The van der Waals surface area contributed by atoms with Crippen molar-refractivity contribution in [2.24, 2.45) is 4.99 Å². The van der Waals surface area contributed by atoms with Crippen molar-refractivity contribution in [1.29, 1.82) is 0 Å². The zero-order chi connectivity index (χ0) is 16.1. The Bertz CT molecular complexity index is 929. The number of anilines is 1. The number of imidazole rings is 1. The van der Waals surface area contributed by atoms with Crippen LogP contribution in [0.5, 0.6) is 0 Å². The molecule has 1 aromatic carbocycles. The highest BCUT2D eigenvalue weighted by atomic mass is 16.5. The molecular weight excluding hydrogens is 308 g/mol. The minimum atomic E-state index is -0.152. The van der Waals surface area contributed by atoms with Crippen LogP contribution in [-0.4, -0.2) is 38.1 Å². The molecular formula is C15H14N8O. The number of para-hydroxylation sites is 1. The van der Waals surface area contributed by atoms with Crippen LogP contribution in [0.15, 0.2) is 48.0 Å². The van der Waals surface area contributed by atoms with Crippen LogP contribution in [0.4, 0.5) is 5.82 Å². The number of benzene rings is 1. The maximum Gasteiger partial charge on any atom is 0.173 e. The number of aromatic nitrogens is 5. The SMILES string of the molecule is COCc1cn(N2C=NC3c4ccccc4-n4cncc4N32)nn1. The number of nitrogens with zero attached hydrogens (tertiary/aromatic N) is 8. The first-order chi connectivity index (χ1) is 11.9. The van der Waals surface area contributed by atoms with Crippen LogP contribution in [-0.2, 0) is 11.3 Å². The van der Waals surface area contributed by atoms with Gasteiger partial charge < -0.3 is 4.74 Å². The van der Waals surface area contributed by atoms with Crippen LogP contribution in [0.3, 0.4) is 0 Å². The first-order valence-corrected chi connectivity index (χ1v) is 7.50. The Kier molecular flexibility index (Phi) is 2.71. The van der Waals surface area contributed by atoms with Gasteiger partial charge in [-0.15, -0.1) is 9.89 Å². The Morgan fingerprint density at radius 3 is 3.08 bits per heavy atom. The highest BCUT2D eigenvalue weighted by Crippen LogP contribution is 2.40. The van der Waals surface area contributed by atoms with Gasteiger partial charge in [-0.25, -0.2) is 15.0 Å². The second-order valence-corrected chi connectivity index (χ2v) is 5.55. The van der Waals surface area contributed by atoms with Gasteiger partial charge in [-0.2, -0.15) is 5.12 Å². The van der Waals surface area contributed by atoms with E-state index in [1.807, 2.05) is 39.2 Å². The van der Waals surface area contributed by atoms with Crippen molar-refractivity contribution in [2.45, 2.75) is 12.8 Å². The largest absolute Gasteiger partial charge is 0.378 e. The van der Waals surface area contributed by atoms with Gasteiger partial charge in [0, 0.05) is 12.7 Å². The summed E-state index contributed by atoms with van der Waals surface area (Å²) in [5, 5.41) is 12.1. The van der Waals surface area contributed by atoms with E-state index in [4.69, 9.17) is 4.74 Å². The molecule has 3 aromatic rings. The molecule has 24 heavy (non-hydrogen) atoms. The average Bonchev–Trinajstić information content (AvgIpc) is 3.33. The van der Waals surface area contributed by atoms with Crippen LogP contribution in [0.25, 0.3) is 5.69 Å². The molecule has 0 amide bonds. The van der Waals surface area contributed by atoms with Crippen molar-refractivity contribution in [3.8, 4) is 5.69 Å². The average molecular weight is 322 g/mol. The lowest BCUT2D eigenvalue weighted by atomic mass is 10.1. The number of methoxy groups -OCH3 is 1. The van der Waals surface area contributed by atoms with Gasteiger partial charge in [0.1, 0.15) is 18.4 Å². The van der Waals surface area contributed by atoms with Crippen molar-refractivity contribution in [3.63, 3.8) is 0 Å². The van der Waals surface area contributed by atoms with Gasteiger partial charge in [0.2, 0.25) is 0 Å². The van der Waals surface area contributed by atoms with Gasteiger partial charge >= 0.3 is 0 Å². The zero-order valence-corrected chi connectivity index (χ0v) is 12.9. The van der Waals surface area contributed by atoms with Crippen molar-refractivity contribution in [1.82, 2.24) is 24.7 Å². The Labute approximate surface area is 137 Å². The molecule has 4 heterocycles. The Morgan fingerprint density at radius 1 is 1.25 bits per heavy atom. The Morgan fingerprint density at radius 2 is 2.17 bits per heavy atom. The molecule has 2 aliphatic rings. The van der Waals surface area contributed by atoms with E-state index in [0.29, 0.717) is 6.61 Å². The predicted octanol–water partition coefficient (Wildman–Crippen LogP) is 1.02. The quantitative estimate of drug-likeness (QED) is 0.717. The molecule has 0 aliphatic carbocycles. The molecule has 0 bridgehead atoms. The summed E-state index contributed by atoms with van der Waals surface area (Å²) in [6.45, 7) is 0.412. The first-order valence-electron chi connectivity index (χ1n) is 7.50. The number of hydrogen-bond donors (Lipinski definition) is 0. The maximum absolute atomic E-state index is 5.11. The summed E-state index contributed by atoms with van der Waals surface area (Å²) in [6.07, 6.45) is 7.03. The lowest BCUT2D eigenvalue weighted by Gasteiger charge is -2.36. The summed E-state index contributed by atoms with van der Waals surface area (Å²) in [6, 6.07) is 8.18. The summed E-state index contributed by atoms with van der Waals surface area (Å²) in [7, 11) is 1.63. The predicted molar refractivity (Wildman–Crippen MR) is 86.2 cm³/mol. The molecule has 0 saturated heterocycles. The normalized spacial score (nSPS) is 17.8. The number of rotatable bonds is 3. The number of fused-ring (bicyclic) bond motifs is 6. The van der Waals surface area contributed by atoms with Gasteiger partial charge in [-0.05, 0) is 11.3 Å². The third-order valence-electron chi connectivity index (χ3n) is 4.12. The molecule has 2 aromatic heterocycles. The van der Waals surface area contributed by atoms with Crippen LogP contribution in [0.1, 0.15) is 17.4 Å². The fourth-order valence-electron chi connectivity index (χ4n) is 3.12. The number of aliphatic imine (C=N–C) groups is 1. The fourth-order valence-corrected chi connectivity index (χ4v) is 3.12. The molecule has 2 aliphatic heterocycles. The highest BCUT2D eigenvalue weighted by Gasteiger charge is 2.38. The highest BCUT2D eigenvalue weighted by molar-refractivity contribution is 5.78. The zero-order valence-electron chi connectivity index (χ0n) is 12.9. The van der Waals surface area contributed by atoms with E-state index >= 15 is 0 Å². The van der Waals surface area contributed by atoms with Crippen molar-refractivity contribution >= 4 is 12.2 Å². The molecule has 1 unspecified atom stereocenters. The summed E-state index contributed by atoms with van der Waals surface area (Å²) in [4.78, 5) is 10.6. The van der Waals surface area contributed by atoms with E-state index in [1.165, 1.54) is 0 Å². The smallest absolute Gasteiger partial charge is 0.173 e. The lowest BCUT2D eigenvalue weighted by Crippen LogP contribution is -2.49. The van der Waals surface area contributed by atoms with Gasteiger partial charge in [-0.3, -0.25) is 4.57 Å². The van der Waals surface area contributed by atoms with Crippen LogP contribution >= 0.6 is 0 Å². The lowest BCUT2D eigenvalue weighted by molar-refractivity contribution is 0.181. The third kappa shape index (κ3) is 1.72. The summed E-state index contributed by atoms with van der Waals surface area (Å²) in [5.74, 6) is 0.917. The molecule has 9 heteroatoms. The number of hydrogen-bond acceptors (Lipinski definition) is 7. The fraction of sp³-hybridized carbons (Fsp3) is 0.200. The van der Waals surface area contributed by atoms with E-state index in [2.05, 4.69) is 32.4 Å². The first kappa shape index (κ1) is 13.3. The second-order valence-electron chi connectivity index (χ2n) is 5.55. The van der Waals surface area contributed by atoms with E-state index < -0.39 is 0 Å². The van der Waals surface area contributed by atoms with E-state index in [-0.39, 0.29) is 6.17 Å². The van der Waals surface area contributed by atoms with E-state index in [0.717, 1.165) is 22.8 Å². The standard InChI is InChI=1S/C15H14N8O/c1-24-8-11-7-21(19-18-11)22-10-17-15-12-4-2-3-5-13(12)20-9-16-6-14(20)23(15)22/h2-7,9-10,15H,8H2,1H3. The molecule has 9 nitrogen and oxygen atoms in total. The number of ether oxygens (including phenoxy) is 1. The minimum Gasteiger partial charge on any atom is -0.378 e. The van der Waals surface area contributed by atoms with Gasteiger partial charge in [0.05, 0.1) is 24.7 Å². The third-order valence-corrected chi connectivity index (χ3v) is 4.12. The minimum absolute atomic E-state index is 0.152. The second kappa shape index (κ2) is 4.90. The number of hydrazine groups is 1. The molecule has 0 radical (unpaired) electrons. The topological polar surface area (TPSA) is 76.6 Å². The molecule has 0 fully saturated rings. The van der Waals surface area contributed by atoms with E-state index in [1.54, 1.807) is 24.6 Å². The summed E-state index contributed by atoms with van der Waals surface area (Å²) < 4.78 is 7.15. The summed E-state index contributed by atoms with van der Waals surface area (Å²) in [5.41, 5.74) is 2.95. The van der Waals surface area contributed by atoms with Crippen molar-refractivity contribution in [3.05, 3.63) is 54.2 Å². The molecule has 0 N–H and O–H groups in total. The monoisotopic (exact) mass is 322 g/mol. The van der Waals surface area contributed by atoms with E-state index in [9.17, 15) is 0 Å². The van der Waals surface area contributed by atoms with Crippen LogP contribution in [0, 0.1) is 0 Å². The van der Waals surface area contributed by atoms with Crippen molar-refractivity contribution < 1.29 is 4.74 Å². The van der Waals surface area contributed by atoms with Crippen molar-refractivity contribution in [2.75, 3.05) is 17.2 Å². The van der Waals surface area contributed by atoms with Crippen LogP contribution < -0.4 is 10.1 Å². The van der Waals surface area contributed by atoms with Gasteiger partial charge in [0.25, 0.3) is 0 Å². The Hall–Kier alpha value is -3.20. The maximum atomic E-state index is 5.11. The van der Waals surface area contributed by atoms with Crippen LogP contribution in [0.2, 0.25) is 0 Å². The Balaban J connectivity index is 1.61. The molecule has 0 saturated carbocycles.